The van der Waals surface area contributed by atoms with Gasteiger partial charge in [-0.1, -0.05) is 0 Å². The first-order valence-electron chi connectivity index (χ1n) is 6.81. The first kappa shape index (κ1) is 14.1. The molecule has 7 nitrogen and oxygen atoms in total. The van der Waals surface area contributed by atoms with E-state index >= 15 is 0 Å². The lowest BCUT2D eigenvalue weighted by Crippen LogP contribution is -2.16. The van der Waals surface area contributed by atoms with Crippen LogP contribution in [0.2, 0.25) is 0 Å². The molecule has 1 aliphatic rings. The summed E-state index contributed by atoms with van der Waals surface area (Å²) in [5, 5.41) is 4.84. The number of H-pyrrole nitrogens is 1. The average Bonchev–Trinajstić information content (AvgIpc) is 3.06. The van der Waals surface area contributed by atoms with Crippen LogP contribution in [-0.4, -0.2) is 30.9 Å². The lowest BCUT2D eigenvalue weighted by Gasteiger charge is -2.02. The molecule has 114 valence electrons. The van der Waals surface area contributed by atoms with Crippen molar-refractivity contribution in [3.8, 4) is 11.4 Å². The summed E-state index contributed by atoms with van der Waals surface area (Å²) in [5.41, 5.74) is 7.09. The second kappa shape index (κ2) is 5.30. The summed E-state index contributed by atoms with van der Waals surface area (Å²) in [7, 11) is 1.91. The van der Waals surface area contributed by atoms with Crippen LogP contribution in [0.15, 0.2) is 34.8 Å². The van der Waals surface area contributed by atoms with Gasteiger partial charge in [0.1, 0.15) is 5.69 Å². The van der Waals surface area contributed by atoms with Gasteiger partial charge in [-0.05, 0) is 34.7 Å². The molecule has 23 heavy (non-hydrogen) atoms. The van der Waals surface area contributed by atoms with Gasteiger partial charge in [-0.3, -0.25) is 9.79 Å². The third kappa shape index (κ3) is 2.25. The number of aromatic amines is 1. The molecule has 0 unspecified atom stereocenters. The lowest BCUT2D eigenvalue weighted by atomic mass is 10.0. The molecule has 1 aliphatic heterocycles. The summed E-state index contributed by atoms with van der Waals surface area (Å²) in [4.78, 5) is 24.3. The van der Waals surface area contributed by atoms with Crippen LogP contribution in [0.5, 0.6) is 0 Å². The highest BCUT2D eigenvalue weighted by atomic mass is 127. The number of hydrogen-bond acceptors (Lipinski definition) is 4. The predicted octanol–water partition coefficient (Wildman–Crippen LogP) is 2.74. The Morgan fingerprint density at radius 2 is 2.26 bits per heavy atom. The molecule has 0 saturated heterocycles. The highest BCUT2D eigenvalue weighted by molar-refractivity contribution is 14.1. The lowest BCUT2D eigenvalue weighted by molar-refractivity contribution is 0.0957. The number of hydrazone groups is 1. The van der Waals surface area contributed by atoms with Gasteiger partial charge in [0.25, 0.3) is 5.91 Å². The van der Waals surface area contributed by atoms with Crippen molar-refractivity contribution < 1.29 is 4.79 Å². The summed E-state index contributed by atoms with van der Waals surface area (Å²) in [6, 6.07) is 3.68. The summed E-state index contributed by atoms with van der Waals surface area (Å²) < 4.78 is 3.54. The van der Waals surface area contributed by atoms with Crippen molar-refractivity contribution >= 4 is 55.5 Å². The number of imidazole rings is 1. The molecule has 0 saturated carbocycles. The number of aliphatic imine (C=N–C) groups is 1. The van der Waals surface area contributed by atoms with Gasteiger partial charge in [-0.2, -0.15) is 5.10 Å². The van der Waals surface area contributed by atoms with Gasteiger partial charge < -0.3 is 9.55 Å². The predicted molar refractivity (Wildman–Crippen MR) is 97.7 cm³/mol. The molecule has 0 atom stereocenters. The van der Waals surface area contributed by atoms with E-state index in [4.69, 9.17) is 0 Å². The number of carbonyl (C=O) groups is 1. The maximum atomic E-state index is 12.3. The Morgan fingerprint density at radius 3 is 3.00 bits per heavy atom. The average molecular weight is 418 g/mol. The van der Waals surface area contributed by atoms with E-state index in [9.17, 15) is 4.79 Å². The molecule has 0 bridgehead atoms. The van der Waals surface area contributed by atoms with E-state index < -0.39 is 0 Å². The molecule has 8 heteroatoms. The monoisotopic (exact) mass is 418 g/mol. The zero-order valence-electron chi connectivity index (χ0n) is 12.0. The van der Waals surface area contributed by atoms with Gasteiger partial charge in [0, 0.05) is 29.7 Å². The van der Waals surface area contributed by atoms with Gasteiger partial charge in [-0.25, -0.2) is 10.4 Å². The minimum absolute atomic E-state index is 0.248. The Bertz CT molecular complexity index is 997. The van der Waals surface area contributed by atoms with Crippen LogP contribution in [-0.2, 0) is 7.05 Å². The SMILES string of the molecule is Cn1cnc(-c2[nH]c3cc(N=CI)cc4c3c2C=NNC4=O)c1. The van der Waals surface area contributed by atoms with Crippen molar-refractivity contribution in [1.29, 1.82) is 0 Å². The number of rotatable bonds is 2. The summed E-state index contributed by atoms with van der Waals surface area (Å²) in [6.07, 6.45) is 5.30. The van der Waals surface area contributed by atoms with Gasteiger partial charge >= 0.3 is 0 Å². The Morgan fingerprint density at radius 1 is 1.39 bits per heavy atom. The number of benzene rings is 1. The van der Waals surface area contributed by atoms with Gasteiger partial charge in [0.05, 0.1) is 33.7 Å². The minimum Gasteiger partial charge on any atom is -0.353 e. The topological polar surface area (TPSA) is 87.4 Å². The molecular formula is C15H11IN6O. The van der Waals surface area contributed by atoms with Gasteiger partial charge in [0.15, 0.2) is 0 Å². The number of carbonyl (C=O) groups excluding carboxylic acids is 1. The van der Waals surface area contributed by atoms with Gasteiger partial charge in [-0.15, -0.1) is 0 Å². The highest BCUT2D eigenvalue weighted by Crippen LogP contribution is 2.34. The summed E-state index contributed by atoms with van der Waals surface area (Å²) >= 11 is 2.05. The zero-order chi connectivity index (χ0) is 16.0. The molecule has 1 amide bonds. The smallest absolute Gasteiger partial charge is 0.272 e. The fraction of sp³-hybridized carbons (Fsp3) is 0.0667. The van der Waals surface area contributed by atoms with E-state index in [1.54, 1.807) is 22.8 Å². The van der Waals surface area contributed by atoms with E-state index in [1.165, 1.54) is 0 Å². The molecule has 3 heterocycles. The second-order valence-electron chi connectivity index (χ2n) is 5.18. The molecular weight excluding hydrogens is 407 g/mol. The molecule has 0 fully saturated rings. The molecule has 1 aromatic carbocycles. The molecule has 4 rings (SSSR count). The van der Waals surface area contributed by atoms with Crippen molar-refractivity contribution in [1.82, 2.24) is 20.0 Å². The van der Waals surface area contributed by atoms with Crippen molar-refractivity contribution in [3.05, 3.63) is 35.8 Å². The largest absolute Gasteiger partial charge is 0.353 e. The summed E-state index contributed by atoms with van der Waals surface area (Å²) in [5.74, 6) is -0.248. The molecule has 0 aliphatic carbocycles. The Balaban J connectivity index is 2.08. The first-order chi connectivity index (χ1) is 11.2. The molecule has 3 aromatic rings. The van der Waals surface area contributed by atoms with Crippen LogP contribution >= 0.6 is 22.6 Å². The number of halogens is 1. The number of aromatic nitrogens is 3. The van der Waals surface area contributed by atoms with Crippen LogP contribution in [0.3, 0.4) is 0 Å². The van der Waals surface area contributed by atoms with Crippen molar-refractivity contribution in [2.24, 2.45) is 17.1 Å². The standard InChI is InChI=1S/C15H11IN6O/c1-22-5-12(18-7-22)14-10-4-19-21-15(23)9-2-8(17-6-16)3-11(20-14)13(9)10/h2-7,20H,1H3,(H,21,23). The fourth-order valence-corrected chi connectivity index (χ4v) is 3.06. The zero-order valence-corrected chi connectivity index (χ0v) is 14.2. The second-order valence-corrected chi connectivity index (χ2v) is 5.74. The van der Waals surface area contributed by atoms with E-state index in [2.05, 4.69) is 25.5 Å². The number of nitrogens with one attached hydrogen (secondary N) is 2. The molecule has 0 spiro atoms. The molecule has 0 radical (unpaired) electrons. The third-order valence-corrected chi connectivity index (χ3v) is 3.96. The van der Waals surface area contributed by atoms with E-state index in [1.807, 2.05) is 46.5 Å². The van der Waals surface area contributed by atoms with Crippen LogP contribution in [0.4, 0.5) is 5.69 Å². The quantitative estimate of drug-likeness (QED) is 0.495. The van der Waals surface area contributed by atoms with E-state index in [0.29, 0.717) is 11.3 Å². The van der Waals surface area contributed by atoms with E-state index in [0.717, 1.165) is 27.9 Å². The fourth-order valence-electron chi connectivity index (χ4n) is 2.74. The number of nitrogens with zero attached hydrogens (tertiary/aromatic N) is 4. The normalized spacial score (nSPS) is 13.7. The van der Waals surface area contributed by atoms with Crippen molar-refractivity contribution in [2.75, 3.05) is 0 Å². The Kier molecular flexibility index (Phi) is 3.26. The maximum absolute atomic E-state index is 12.3. The minimum atomic E-state index is -0.248. The van der Waals surface area contributed by atoms with Gasteiger partial charge in [0.2, 0.25) is 0 Å². The van der Waals surface area contributed by atoms with Crippen LogP contribution in [0.25, 0.3) is 22.3 Å². The Labute approximate surface area is 144 Å². The number of aryl methyl sites for hydroxylation is 1. The summed E-state index contributed by atoms with van der Waals surface area (Å²) in [6.45, 7) is 0. The van der Waals surface area contributed by atoms with Crippen LogP contribution in [0.1, 0.15) is 15.9 Å². The molecule has 2 N–H and O–H groups in total. The maximum Gasteiger partial charge on any atom is 0.272 e. The first-order valence-corrected chi connectivity index (χ1v) is 8.06. The van der Waals surface area contributed by atoms with Crippen LogP contribution < -0.4 is 5.43 Å². The molecule has 2 aromatic heterocycles. The Hall–Kier alpha value is -2.49. The van der Waals surface area contributed by atoms with Crippen LogP contribution in [0, 0.1) is 0 Å². The highest BCUT2D eigenvalue weighted by Gasteiger charge is 2.22. The van der Waals surface area contributed by atoms with Crippen molar-refractivity contribution in [2.45, 2.75) is 0 Å². The number of hydrogen-bond donors (Lipinski definition) is 2. The van der Waals surface area contributed by atoms with Crippen molar-refractivity contribution in [3.63, 3.8) is 0 Å². The number of amides is 1. The third-order valence-electron chi connectivity index (χ3n) is 3.68. The van der Waals surface area contributed by atoms with E-state index in [-0.39, 0.29) is 5.91 Å².